The van der Waals surface area contributed by atoms with Gasteiger partial charge < -0.3 is 11.1 Å². The van der Waals surface area contributed by atoms with Crippen LogP contribution in [-0.4, -0.2) is 5.11 Å². The van der Waals surface area contributed by atoms with Crippen molar-refractivity contribution in [2.45, 2.75) is 6.18 Å². The number of hydrogen-bond donors (Lipinski definition) is 2. The van der Waals surface area contributed by atoms with Crippen LogP contribution in [0.4, 0.5) is 18.9 Å². The molecule has 0 aromatic heterocycles. The number of nitrogens with one attached hydrogen (secondary N) is 1. The molecule has 3 N–H and O–H groups in total. The van der Waals surface area contributed by atoms with Gasteiger partial charge in [-0.15, -0.1) is 0 Å². The minimum absolute atomic E-state index is 0.0879. The first-order valence-corrected chi connectivity index (χ1v) is 4.94. The Morgan fingerprint density at radius 2 is 2.00 bits per heavy atom. The molecular weight excluding hydrogens is 293 g/mol. The molecule has 2 nitrogen and oxygen atoms in total. The van der Waals surface area contributed by atoms with Crippen molar-refractivity contribution in [1.29, 1.82) is 0 Å². The van der Waals surface area contributed by atoms with Crippen molar-refractivity contribution in [3.8, 4) is 0 Å². The normalized spacial score (nSPS) is 11.2. The van der Waals surface area contributed by atoms with E-state index in [9.17, 15) is 13.2 Å². The fourth-order valence-electron chi connectivity index (χ4n) is 0.930. The first-order chi connectivity index (χ1) is 6.80. The molecular formula is C8H6BrF3N2S. The van der Waals surface area contributed by atoms with Crippen molar-refractivity contribution in [2.75, 3.05) is 5.32 Å². The molecule has 0 radical (unpaired) electrons. The third kappa shape index (κ3) is 3.35. The molecule has 0 aliphatic heterocycles. The lowest BCUT2D eigenvalue weighted by Gasteiger charge is -2.11. The van der Waals surface area contributed by atoms with Gasteiger partial charge in [-0.1, -0.05) is 0 Å². The molecule has 82 valence electrons. The van der Waals surface area contributed by atoms with Crippen LogP contribution in [0.25, 0.3) is 0 Å². The number of anilines is 1. The predicted molar refractivity (Wildman–Crippen MR) is 59.6 cm³/mol. The van der Waals surface area contributed by atoms with Crippen molar-refractivity contribution >= 4 is 38.9 Å². The number of hydrogen-bond acceptors (Lipinski definition) is 1. The van der Waals surface area contributed by atoms with Crippen molar-refractivity contribution < 1.29 is 13.2 Å². The predicted octanol–water partition coefficient (Wildman–Crippen LogP) is 3.12. The molecule has 0 unspecified atom stereocenters. The van der Waals surface area contributed by atoms with Crippen LogP contribution in [0.1, 0.15) is 5.56 Å². The lowest BCUT2D eigenvalue weighted by atomic mass is 10.2. The van der Waals surface area contributed by atoms with Gasteiger partial charge in [-0.3, -0.25) is 0 Å². The summed E-state index contributed by atoms with van der Waals surface area (Å²) in [4.78, 5) is 0. The van der Waals surface area contributed by atoms with Crippen LogP contribution < -0.4 is 11.1 Å². The first-order valence-electron chi connectivity index (χ1n) is 3.74. The fraction of sp³-hybridized carbons (Fsp3) is 0.125. The largest absolute Gasteiger partial charge is 0.416 e. The summed E-state index contributed by atoms with van der Waals surface area (Å²) in [5.74, 6) is 0. The minimum Gasteiger partial charge on any atom is -0.376 e. The molecule has 1 aromatic carbocycles. The van der Waals surface area contributed by atoms with Crippen LogP contribution in [-0.2, 0) is 6.18 Å². The van der Waals surface area contributed by atoms with Gasteiger partial charge in [-0.2, -0.15) is 13.2 Å². The zero-order valence-electron chi connectivity index (χ0n) is 7.23. The van der Waals surface area contributed by atoms with Crippen molar-refractivity contribution in [3.63, 3.8) is 0 Å². The molecule has 0 saturated carbocycles. The molecule has 15 heavy (non-hydrogen) atoms. The fourth-order valence-corrected chi connectivity index (χ4v) is 1.39. The van der Waals surface area contributed by atoms with Gasteiger partial charge in [0.25, 0.3) is 0 Å². The van der Waals surface area contributed by atoms with Crippen molar-refractivity contribution in [3.05, 3.63) is 28.2 Å². The van der Waals surface area contributed by atoms with Gasteiger partial charge >= 0.3 is 6.18 Å². The lowest BCUT2D eigenvalue weighted by molar-refractivity contribution is -0.137. The van der Waals surface area contributed by atoms with Crippen molar-refractivity contribution in [2.24, 2.45) is 5.73 Å². The molecule has 7 heteroatoms. The maximum absolute atomic E-state index is 12.3. The van der Waals surface area contributed by atoms with Gasteiger partial charge in [-0.05, 0) is 46.3 Å². The minimum atomic E-state index is -4.38. The number of alkyl halides is 3. The van der Waals surface area contributed by atoms with Gasteiger partial charge in [0.15, 0.2) is 5.11 Å². The summed E-state index contributed by atoms with van der Waals surface area (Å²) in [5, 5.41) is 2.36. The Hall–Kier alpha value is -0.820. The second kappa shape index (κ2) is 4.36. The van der Waals surface area contributed by atoms with Gasteiger partial charge in [0.2, 0.25) is 0 Å². The Morgan fingerprint density at radius 3 is 2.47 bits per heavy atom. The molecule has 0 atom stereocenters. The highest BCUT2D eigenvalue weighted by Gasteiger charge is 2.30. The van der Waals surface area contributed by atoms with E-state index in [-0.39, 0.29) is 10.8 Å². The molecule has 1 aromatic rings. The molecule has 0 saturated heterocycles. The van der Waals surface area contributed by atoms with Gasteiger partial charge in [0.05, 0.1) is 11.3 Å². The van der Waals surface area contributed by atoms with E-state index in [1.165, 1.54) is 6.07 Å². The summed E-state index contributed by atoms with van der Waals surface area (Å²) in [5.41, 5.74) is 4.60. The molecule has 0 fully saturated rings. The van der Waals surface area contributed by atoms with E-state index in [0.717, 1.165) is 12.1 Å². The van der Waals surface area contributed by atoms with Crippen LogP contribution >= 0.6 is 28.1 Å². The summed E-state index contributed by atoms with van der Waals surface area (Å²) >= 11 is 7.62. The SMILES string of the molecule is NC(=S)Nc1cc(C(F)(F)F)ccc1Br. The molecule has 0 heterocycles. The molecule has 0 aliphatic rings. The van der Waals surface area contributed by atoms with E-state index >= 15 is 0 Å². The smallest absolute Gasteiger partial charge is 0.376 e. The van der Waals surface area contributed by atoms with Gasteiger partial charge in [-0.25, -0.2) is 0 Å². The highest BCUT2D eigenvalue weighted by molar-refractivity contribution is 9.10. The molecule has 0 spiro atoms. The lowest BCUT2D eigenvalue weighted by Crippen LogP contribution is -2.19. The van der Waals surface area contributed by atoms with E-state index in [4.69, 9.17) is 5.73 Å². The quantitative estimate of drug-likeness (QED) is 0.783. The summed E-state index contributed by atoms with van der Waals surface area (Å²) < 4.78 is 37.5. The van der Waals surface area contributed by atoms with Crippen LogP contribution in [0.3, 0.4) is 0 Å². The highest BCUT2D eigenvalue weighted by Crippen LogP contribution is 2.33. The van der Waals surface area contributed by atoms with Crippen molar-refractivity contribution in [1.82, 2.24) is 0 Å². The molecule has 0 amide bonds. The number of thiocarbonyl (C=S) groups is 1. The zero-order chi connectivity index (χ0) is 11.6. The third-order valence-electron chi connectivity index (χ3n) is 1.55. The monoisotopic (exact) mass is 298 g/mol. The number of halogens is 4. The Kier molecular flexibility index (Phi) is 3.56. The zero-order valence-corrected chi connectivity index (χ0v) is 9.63. The topological polar surface area (TPSA) is 38.0 Å². The standard InChI is InChI=1S/C8H6BrF3N2S/c9-5-2-1-4(8(10,11)12)3-6(5)14-7(13)15/h1-3H,(H3,13,14,15). The highest BCUT2D eigenvalue weighted by atomic mass is 79.9. The van der Waals surface area contributed by atoms with Crippen LogP contribution in [0.15, 0.2) is 22.7 Å². The van der Waals surface area contributed by atoms with E-state index in [1.54, 1.807) is 0 Å². The van der Waals surface area contributed by atoms with E-state index in [0.29, 0.717) is 4.47 Å². The summed E-state index contributed by atoms with van der Waals surface area (Å²) in [7, 11) is 0. The molecule has 0 bridgehead atoms. The maximum Gasteiger partial charge on any atom is 0.416 e. The Bertz CT molecular complexity index is 392. The molecule has 1 rings (SSSR count). The Morgan fingerprint density at radius 1 is 1.40 bits per heavy atom. The van der Waals surface area contributed by atoms with E-state index < -0.39 is 11.7 Å². The second-order valence-corrected chi connectivity index (χ2v) is 3.98. The third-order valence-corrected chi connectivity index (χ3v) is 2.35. The van der Waals surface area contributed by atoms with Gasteiger partial charge in [0.1, 0.15) is 0 Å². The summed E-state index contributed by atoms with van der Waals surface area (Å²) in [6.07, 6.45) is -4.38. The van der Waals surface area contributed by atoms with Gasteiger partial charge in [0, 0.05) is 4.47 Å². The van der Waals surface area contributed by atoms with Crippen LogP contribution in [0, 0.1) is 0 Å². The Balaban J connectivity index is 3.11. The number of benzene rings is 1. The number of rotatable bonds is 1. The Labute approximate surface area is 97.8 Å². The van der Waals surface area contributed by atoms with Crippen LogP contribution in [0.5, 0.6) is 0 Å². The molecule has 0 aliphatic carbocycles. The average Bonchev–Trinajstić information content (AvgIpc) is 2.06. The second-order valence-electron chi connectivity index (χ2n) is 2.68. The summed E-state index contributed by atoms with van der Waals surface area (Å²) in [6, 6.07) is 3.18. The van der Waals surface area contributed by atoms with Crippen LogP contribution in [0.2, 0.25) is 0 Å². The van der Waals surface area contributed by atoms with E-state index in [1.807, 2.05) is 0 Å². The van der Waals surface area contributed by atoms with E-state index in [2.05, 4.69) is 33.5 Å². The first kappa shape index (κ1) is 12.3. The average molecular weight is 299 g/mol. The maximum atomic E-state index is 12.3. The number of nitrogens with two attached hydrogens (primary N) is 1. The summed E-state index contributed by atoms with van der Waals surface area (Å²) in [6.45, 7) is 0.